The highest BCUT2D eigenvalue weighted by atomic mass is 35.5. The fourth-order valence-electron chi connectivity index (χ4n) is 3.44. The first kappa shape index (κ1) is 26.4. The minimum atomic E-state index is -4.27. The van der Waals surface area contributed by atoms with Gasteiger partial charge in [0.15, 0.2) is 17.7 Å². The molecule has 0 aliphatic carbocycles. The minimum Gasteiger partial charge on any atom is -0.264 e. The number of rotatable bonds is 7. The van der Waals surface area contributed by atoms with E-state index in [2.05, 4.69) is 16.2 Å². The summed E-state index contributed by atoms with van der Waals surface area (Å²) in [6.45, 7) is 0.178. The Labute approximate surface area is 212 Å². The molecule has 12 nitrogen and oxygen atoms in total. The molecule has 2 N–H and O–H groups in total. The summed E-state index contributed by atoms with van der Waals surface area (Å²) in [5.41, 5.74) is 2.14. The first-order valence-corrected chi connectivity index (χ1v) is 11.5. The van der Waals surface area contributed by atoms with E-state index < -0.39 is 20.6 Å². The summed E-state index contributed by atoms with van der Waals surface area (Å²) in [5.74, 6) is 5.59. The molecule has 36 heavy (non-hydrogen) atoms. The number of hydrogen-bond acceptors (Lipinski definition) is 8. The van der Waals surface area contributed by atoms with Gasteiger partial charge in [-0.15, -0.1) is 16.8 Å². The highest BCUT2D eigenvalue weighted by molar-refractivity contribution is 7.89. The Bertz CT molecular complexity index is 1610. The van der Waals surface area contributed by atoms with Gasteiger partial charge in [0.05, 0.1) is 33.8 Å². The standard InChI is InChI=1S/C22H19N8O4S.ClH/c1-27(24)35(33,34)22-10-19(30(31)32)4-5-20(22)28(14-17-3-2-7-25-12-17)15-18-13-26-29-8-6-16(11-23)9-21(18)29;/h2-10,12-13,15H,14,24H2,1H3;1H/q+1;. The van der Waals surface area contributed by atoms with Crippen LogP contribution >= 0.6 is 12.4 Å². The van der Waals surface area contributed by atoms with Crippen LogP contribution in [0, 0.1) is 21.4 Å². The molecule has 14 heteroatoms. The molecule has 3 aromatic heterocycles. The Morgan fingerprint density at radius 2 is 2.03 bits per heavy atom. The number of sulfonamides is 1. The van der Waals surface area contributed by atoms with Crippen LogP contribution in [0.4, 0.5) is 11.4 Å². The molecule has 0 fully saturated rings. The Hall–Kier alpha value is -4.22. The molecule has 0 spiro atoms. The predicted octanol–water partition coefficient (Wildman–Crippen LogP) is 2.39. The zero-order valence-electron chi connectivity index (χ0n) is 18.8. The zero-order valence-corrected chi connectivity index (χ0v) is 20.4. The van der Waals surface area contributed by atoms with Gasteiger partial charge in [-0.25, -0.2) is 12.9 Å². The van der Waals surface area contributed by atoms with Crippen molar-refractivity contribution < 1.29 is 17.9 Å². The predicted molar refractivity (Wildman–Crippen MR) is 132 cm³/mol. The van der Waals surface area contributed by atoms with Gasteiger partial charge in [-0.1, -0.05) is 0 Å². The monoisotopic (exact) mass is 527 g/mol. The Kier molecular flexibility index (Phi) is 7.76. The maximum atomic E-state index is 13.1. The molecule has 0 saturated heterocycles. The third kappa shape index (κ3) is 5.21. The van der Waals surface area contributed by atoms with E-state index in [1.54, 1.807) is 58.3 Å². The van der Waals surface area contributed by atoms with E-state index in [1.165, 1.54) is 12.1 Å². The van der Waals surface area contributed by atoms with E-state index in [-0.39, 0.29) is 29.5 Å². The van der Waals surface area contributed by atoms with Crippen LogP contribution in [0.3, 0.4) is 0 Å². The first-order valence-electron chi connectivity index (χ1n) is 10.1. The maximum absolute atomic E-state index is 13.1. The second kappa shape index (κ2) is 10.6. The highest BCUT2D eigenvalue weighted by Gasteiger charge is 2.31. The highest BCUT2D eigenvalue weighted by Crippen LogP contribution is 2.31. The lowest BCUT2D eigenvalue weighted by molar-refractivity contribution is -0.455. The molecular formula is C22H20ClN8O4S+. The largest absolute Gasteiger partial charge is 0.271 e. The number of non-ortho nitro benzene ring substituents is 1. The van der Waals surface area contributed by atoms with E-state index in [0.717, 1.165) is 18.7 Å². The van der Waals surface area contributed by atoms with Crippen LogP contribution < -0.4 is 5.84 Å². The van der Waals surface area contributed by atoms with Gasteiger partial charge in [-0.3, -0.25) is 20.9 Å². The molecule has 0 amide bonds. The number of hydrazine groups is 1. The van der Waals surface area contributed by atoms with E-state index in [1.807, 2.05) is 6.07 Å². The summed E-state index contributed by atoms with van der Waals surface area (Å²) < 4.78 is 29.8. The van der Waals surface area contributed by atoms with Crippen molar-refractivity contribution >= 4 is 45.5 Å². The number of nitro groups is 1. The molecule has 4 rings (SSSR count). The maximum Gasteiger partial charge on any atom is 0.271 e. The van der Waals surface area contributed by atoms with Crippen LogP contribution in [0.2, 0.25) is 0 Å². The molecule has 3 heterocycles. The third-order valence-electron chi connectivity index (χ3n) is 5.17. The zero-order chi connectivity index (χ0) is 25.2. The molecule has 184 valence electrons. The summed E-state index contributed by atoms with van der Waals surface area (Å²) in [7, 11) is -3.13. The molecule has 0 radical (unpaired) electrons. The van der Waals surface area contributed by atoms with Crippen LogP contribution in [0.5, 0.6) is 0 Å². The van der Waals surface area contributed by atoms with Crippen LogP contribution in [0.1, 0.15) is 16.7 Å². The number of fused-ring (bicyclic) bond motifs is 1. The molecule has 1 aromatic carbocycles. The van der Waals surface area contributed by atoms with Crippen molar-refractivity contribution in [3.63, 3.8) is 0 Å². The van der Waals surface area contributed by atoms with Gasteiger partial charge in [0.25, 0.3) is 15.7 Å². The lowest BCUT2D eigenvalue weighted by atomic mass is 10.2. The Morgan fingerprint density at radius 3 is 2.67 bits per heavy atom. The van der Waals surface area contributed by atoms with E-state index in [0.29, 0.717) is 21.1 Å². The number of nitriles is 1. The van der Waals surface area contributed by atoms with E-state index >= 15 is 0 Å². The van der Waals surface area contributed by atoms with E-state index in [9.17, 15) is 23.8 Å². The molecule has 4 aromatic rings. The van der Waals surface area contributed by atoms with Crippen molar-refractivity contribution in [1.82, 2.24) is 19.0 Å². The first-order chi connectivity index (χ1) is 16.7. The number of halogens is 1. The summed E-state index contributed by atoms with van der Waals surface area (Å²) in [6, 6.07) is 12.5. The van der Waals surface area contributed by atoms with Gasteiger partial charge < -0.3 is 0 Å². The van der Waals surface area contributed by atoms with Crippen molar-refractivity contribution in [2.45, 2.75) is 11.4 Å². The fraction of sp³-hybridized carbons (Fsp3) is 0.0909. The fourth-order valence-corrected chi connectivity index (χ4v) is 4.47. The summed E-state index contributed by atoms with van der Waals surface area (Å²) in [5, 5.41) is 25.0. The van der Waals surface area contributed by atoms with Gasteiger partial charge in [-0.05, 0) is 24.3 Å². The van der Waals surface area contributed by atoms with Crippen molar-refractivity contribution in [3.8, 4) is 6.07 Å². The minimum absolute atomic E-state index is 0. The summed E-state index contributed by atoms with van der Waals surface area (Å²) >= 11 is 0. The molecule has 0 unspecified atom stereocenters. The number of benzene rings is 1. The van der Waals surface area contributed by atoms with E-state index in [4.69, 9.17) is 5.84 Å². The van der Waals surface area contributed by atoms with Crippen LogP contribution in [-0.4, -0.2) is 50.2 Å². The van der Waals surface area contributed by atoms with Crippen molar-refractivity contribution in [2.24, 2.45) is 5.84 Å². The third-order valence-corrected chi connectivity index (χ3v) is 6.81. The van der Waals surface area contributed by atoms with Crippen molar-refractivity contribution in [3.05, 3.63) is 94.1 Å². The lowest BCUT2D eigenvalue weighted by Crippen LogP contribution is -2.33. The number of aromatic nitrogens is 3. The Morgan fingerprint density at radius 1 is 1.25 bits per heavy atom. The Balaban J connectivity index is 0.00000361. The van der Waals surface area contributed by atoms with Gasteiger partial charge in [0.2, 0.25) is 5.69 Å². The van der Waals surface area contributed by atoms with Gasteiger partial charge in [0, 0.05) is 49.4 Å². The van der Waals surface area contributed by atoms with Crippen LogP contribution in [0.25, 0.3) is 5.52 Å². The second-order valence-electron chi connectivity index (χ2n) is 7.51. The normalized spacial score (nSPS) is 11.8. The molecule has 0 atom stereocenters. The number of nitro benzene ring substituents is 1. The number of pyridine rings is 2. The molecule has 0 saturated carbocycles. The van der Waals surface area contributed by atoms with Crippen LogP contribution in [0.15, 0.2) is 72.1 Å². The number of nitrogens with zero attached hydrogens (tertiary/aromatic N) is 7. The van der Waals surface area contributed by atoms with Gasteiger partial charge in [0.1, 0.15) is 0 Å². The quantitative estimate of drug-likeness (QED) is 0.126. The average Bonchev–Trinajstić information content (AvgIpc) is 3.25. The van der Waals surface area contributed by atoms with Crippen molar-refractivity contribution in [1.29, 1.82) is 5.26 Å². The smallest absolute Gasteiger partial charge is 0.264 e. The van der Waals surface area contributed by atoms with Crippen molar-refractivity contribution in [2.75, 3.05) is 7.05 Å². The second-order valence-corrected chi connectivity index (χ2v) is 9.47. The van der Waals surface area contributed by atoms with Gasteiger partial charge in [-0.2, -0.15) is 14.9 Å². The topological polar surface area (TPSA) is 164 Å². The van der Waals surface area contributed by atoms with Crippen LogP contribution in [-0.2, 0) is 16.6 Å². The number of nitrogens with two attached hydrogens (primary N) is 1. The summed E-state index contributed by atoms with van der Waals surface area (Å²) in [6.07, 6.45) is 8.10. The molecular weight excluding hydrogens is 508 g/mol. The molecule has 0 bridgehead atoms. The molecule has 0 aliphatic rings. The average molecular weight is 528 g/mol. The SMILES string of the molecule is CN(N)S(=O)(=O)c1cc([N+](=O)[O-])ccc1[N+](=Cc1cnn2ccc(C#N)cc12)Cc1cccnc1.Cl. The molecule has 0 aliphatic heterocycles. The van der Waals surface area contributed by atoms with Gasteiger partial charge >= 0.3 is 0 Å². The number of hydrogen-bond donors (Lipinski definition) is 1. The summed E-state index contributed by atoms with van der Waals surface area (Å²) in [4.78, 5) is 14.5. The lowest BCUT2D eigenvalue weighted by Gasteiger charge is -2.13.